The monoisotopic (exact) mass is 374 g/mol. The normalized spacial score (nSPS) is 11.3. The maximum atomic E-state index is 12.3. The zero-order valence-electron chi connectivity index (χ0n) is 16.3. The first-order chi connectivity index (χ1) is 13.0. The van der Waals surface area contributed by atoms with E-state index in [1.54, 1.807) is 40.6 Å². The van der Waals surface area contributed by atoms with E-state index < -0.39 is 0 Å². The summed E-state index contributed by atoms with van der Waals surface area (Å²) in [6.45, 7) is 2.18. The Bertz CT molecular complexity index is 779. The summed E-state index contributed by atoms with van der Waals surface area (Å²) in [4.78, 5) is 12.3. The summed E-state index contributed by atoms with van der Waals surface area (Å²) in [6.07, 6.45) is 0. The largest absolute Gasteiger partial charge is 0.497 e. The molecule has 0 spiro atoms. The first kappa shape index (κ1) is 20.2. The topological polar surface area (TPSA) is 78.1 Å². The van der Waals surface area contributed by atoms with Gasteiger partial charge in [0.05, 0.1) is 34.5 Å². The number of urea groups is 1. The van der Waals surface area contributed by atoms with E-state index in [2.05, 4.69) is 10.6 Å². The number of carbonyl (C=O) groups excluding carboxylic acids is 1. The van der Waals surface area contributed by atoms with E-state index in [0.717, 1.165) is 11.1 Å². The van der Waals surface area contributed by atoms with Crippen molar-refractivity contribution < 1.29 is 23.7 Å². The summed E-state index contributed by atoms with van der Waals surface area (Å²) < 4.78 is 21.2. The minimum absolute atomic E-state index is 0.276. The maximum absolute atomic E-state index is 12.3. The van der Waals surface area contributed by atoms with Crippen molar-refractivity contribution in [2.45, 2.75) is 19.5 Å². The van der Waals surface area contributed by atoms with Crippen LogP contribution in [0.5, 0.6) is 23.0 Å². The molecule has 0 aromatic heterocycles. The van der Waals surface area contributed by atoms with E-state index in [-0.39, 0.29) is 12.1 Å². The van der Waals surface area contributed by atoms with E-state index in [1.165, 1.54) is 0 Å². The van der Waals surface area contributed by atoms with E-state index >= 15 is 0 Å². The summed E-state index contributed by atoms with van der Waals surface area (Å²) in [6, 6.07) is 10.3. The molecule has 146 valence electrons. The fraction of sp³-hybridized carbons (Fsp3) is 0.350. The van der Waals surface area contributed by atoms with Crippen molar-refractivity contribution in [3.8, 4) is 23.0 Å². The van der Waals surface area contributed by atoms with Gasteiger partial charge in [-0.25, -0.2) is 4.79 Å². The third kappa shape index (κ3) is 5.20. The molecule has 0 saturated heterocycles. The van der Waals surface area contributed by atoms with Gasteiger partial charge in [-0.2, -0.15) is 0 Å². The smallest absolute Gasteiger partial charge is 0.315 e. The molecule has 1 atom stereocenters. The Morgan fingerprint density at radius 2 is 1.48 bits per heavy atom. The molecule has 0 aliphatic rings. The number of rotatable bonds is 8. The number of benzene rings is 2. The highest BCUT2D eigenvalue weighted by Crippen LogP contribution is 2.29. The molecule has 2 N–H and O–H groups in total. The molecular weight excluding hydrogens is 348 g/mol. The number of ether oxygens (including phenoxy) is 4. The van der Waals surface area contributed by atoms with Crippen LogP contribution in [0.4, 0.5) is 4.79 Å². The third-order valence-electron chi connectivity index (χ3n) is 4.18. The number of nitrogens with one attached hydrogen (secondary N) is 2. The molecule has 0 aliphatic carbocycles. The van der Waals surface area contributed by atoms with Gasteiger partial charge < -0.3 is 29.6 Å². The number of methoxy groups -OCH3 is 4. The molecule has 0 heterocycles. The van der Waals surface area contributed by atoms with Gasteiger partial charge in [-0.3, -0.25) is 0 Å². The van der Waals surface area contributed by atoms with Crippen molar-refractivity contribution in [2.24, 2.45) is 0 Å². The van der Waals surface area contributed by atoms with Crippen LogP contribution in [0.25, 0.3) is 0 Å². The van der Waals surface area contributed by atoms with Gasteiger partial charge in [0.15, 0.2) is 0 Å². The van der Waals surface area contributed by atoms with Crippen molar-refractivity contribution in [2.75, 3.05) is 28.4 Å². The van der Waals surface area contributed by atoms with Gasteiger partial charge in [-0.15, -0.1) is 0 Å². The quantitative estimate of drug-likeness (QED) is 0.741. The van der Waals surface area contributed by atoms with Gasteiger partial charge in [0, 0.05) is 17.7 Å². The molecule has 1 unspecified atom stereocenters. The van der Waals surface area contributed by atoms with E-state index in [1.807, 2.05) is 31.2 Å². The van der Waals surface area contributed by atoms with Crippen LogP contribution in [0.3, 0.4) is 0 Å². The van der Waals surface area contributed by atoms with E-state index in [9.17, 15) is 4.79 Å². The average molecular weight is 374 g/mol. The van der Waals surface area contributed by atoms with Crippen molar-refractivity contribution in [1.29, 1.82) is 0 Å². The number of hydrogen-bond donors (Lipinski definition) is 2. The molecule has 0 radical (unpaired) electrons. The van der Waals surface area contributed by atoms with Gasteiger partial charge in [-0.1, -0.05) is 0 Å². The highest BCUT2D eigenvalue weighted by molar-refractivity contribution is 5.74. The molecule has 0 fully saturated rings. The Morgan fingerprint density at radius 1 is 0.889 bits per heavy atom. The predicted molar refractivity (Wildman–Crippen MR) is 103 cm³/mol. The zero-order chi connectivity index (χ0) is 19.8. The molecule has 2 aromatic carbocycles. The van der Waals surface area contributed by atoms with Gasteiger partial charge in [-0.05, 0) is 43.3 Å². The van der Waals surface area contributed by atoms with Crippen LogP contribution in [0, 0.1) is 0 Å². The summed E-state index contributed by atoms with van der Waals surface area (Å²) in [5, 5.41) is 5.73. The molecule has 7 heteroatoms. The molecule has 0 saturated carbocycles. The lowest BCUT2D eigenvalue weighted by Crippen LogP contribution is -2.36. The van der Waals surface area contributed by atoms with E-state index in [0.29, 0.717) is 29.5 Å². The van der Waals surface area contributed by atoms with Gasteiger partial charge in [0.2, 0.25) is 0 Å². The molecule has 2 rings (SSSR count). The van der Waals surface area contributed by atoms with Crippen molar-refractivity contribution >= 4 is 6.03 Å². The molecule has 2 amide bonds. The maximum Gasteiger partial charge on any atom is 0.315 e. The van der Waals surface area contributed by atoms with Crippen molar-refractivity contribution in [3.05, 3.63) is 47.5 Å². The standard InChI is InChI=1S/C20H26N2O5/c1-13(17-11-16(25-3)7-9-19(17)27-5)22-20(23)21-12-14-10-15(24-2)6-8-18(14)26-4/h6-11,13H,12H2,1-5H3,(H2,21,22,23). The second-order valence-corrected chi connectivity index (χ2v) is 5.83. The first-order valence-electron chi connectivity index (χ1n) is 8.49. The number of carbonyl (C=O) groups is 1. The molecule has 27 heavy (non-hydrogen) atoms. The van der Waals surface area contributed by atoms with Crippen LogP contribution in [-0.2, 0) is 6.54 Å². The fourth-order valence-electron chi connectivity index (χ4n) is 2.70. The predicted octanol–water partition coefficient (Wildman–Crippen LogP) is 3.28. The summed E-state index contributed by atoms with van der Waals surface area (Å²) in [5.74, 6) is 2.75. The van der Waals surface area contributed by atoms with Gasteiger partial charge in [0.25, 0.3) is 0 Å². The fourth-order valence-corrected chi connectivity index (χ4v) is 2.70. The summed E-state index contributed by atoms with van der Waals surface area (Å²) in [5.41, 5.74) is 1.64. The molecular formula is C20H26N2O5. The molecule has 0 aliphatic heterocycles. The SMILES string of the molecule is COc1ccc(OC)c(CNC(=O)NC(C)c2cc(OC)ccc2OC)c1. The third-order valence-corrected chi connectivity index (χ3v) is 4.18. The molecule has 0 bridgehead atoms. The lowest BCUT2D eigenvalue weighted by molar-refractivity contribution is 0.237. The lowest BCUT2D eigenvalue weighted by atomic mass is 10.1. The average Bonchev–Trinajstić information content (AvgIpc) is 2.71. The number of amides is 2. The molecule has 7 nitrogen and oxygen atoms in total. The van der Waals surface area contributed by atoms with Crippen LogP contribution < -0.4 is 29.6 Å². The Kier molecular flexibility index (Phi) is 7.16. The number of hydrogen-bond acceptors (Lipinski definition) is 5. The first-order valence-corrected chi connectivity index (χ1v) is 8.49. The van der Waals surface area contributed by atoms with Gasteiger partial charge >= 0.3 is 6.03 Å². The molecule has 2 aromatic rings. The summed E-state index contributed by atoms with van der Waals surface area (Å²) >= 11 is 0. The van der Waals surface area contributed by atoms with Crippen molar-refractivity contribution in [1.82, 2.24) is 10.6 Å². The van der Waals surface area contributed by atoms with Crippen LogP contribution in [0.1, 0.15) is 24.1 Å². The van der Waals surface area contributed by atoms with Crippen LogP contribution in [0.2, 0.25) is 0 Å². The highest BCUT2D eigenvalue weighted by Gasteiger charge is 2.15. The second-order valence-electron chi connectivity index (χ2n) is 5.83. The van der Waals surface area contributed by atoms with Crippen molar-refractivity contribution in [3.63, 3.8) is 0 Å². The Balaban J connectivity index is 2.04. The Morgan fingerprint density at radius 3 is 2.07 bits per heavy atom. The zero-order valence-corrected chi connectivity index (χ0v) is 16.3. The minimum Gasteiger partial charge on any atom is -0.497 e. The Hall–Kier alpha value is -3.09. The van der Waals surface area contributed by atoms with Crippen LogP contribution in [0.15, 0.2) is 36.4 Å². The lowest BCUT2D eigenvalue weighted by Gasteiger charge is -2.19. The highest BCUT2D eigenvalue weighted by atomic mass is 16.5. The second kappa shape index (κ2) is 9.56. The van der Waals surface area contributed by atoms with Crippen LogP contribution >= 0.6 is 0 Å². The Labute approximate surface area is 159 Å². The summed E-state index contributed by atoms with van der Waals surface area (Å²) in [7, 11) is 6.36. The minimum atomic E-state index is -0.308. The van der Waals surface area contributed by atoms with E-state index in [4.69, 9.17) is 18.9 Å². The van der Waals surface area contributed by atoms with Gasteiger partial charge in [0.1, 0.15) is 23.0 Å². The van der Waals surface area contributed by atoms with Crippen LogP contribution in [-0.4, -0.2) is 34.5 Å².